The summed E-state index contributed by atoms with van der Waals surface area (Å²) in [5.41, 5.74) is 3.76. The quantitative estimate of drug-likeness (QED) is 0.836. The van der Waals surface area contributed by atoms with Crippen LogP contribution < -0.4 is 0 Å². The van der Waals surface area contributed by atoms with Crippen molar-refractivity contribution < 1.29 is 0 Å². The van der Waals surface area contributed by atoms with E-state index in [1.54, 1.807) is 4.68 Å². The summed E-state index contributed by atoms with van der Waals surface area (Å²) < 4.78 is 2.37. The van der Waals surface area contributed by atoms with Crippen LogP contribution in [0.25, 0.3) is 0 Å². The third-order valence-corrected chi connectivity index (χ3v) is 2.87. The summed E-state index contributed by atoms with van der Waals surface area (Å²) in [4.78, 5) is 0. The van der Waals surface area contributed by atoms with Gasteiger partial charge in [0, 0.05) is 0 Å². The SMILES string of the molecule is Cc1ccc(Cn2nnnc2Br)c(C)c1. The number of halogens is 1. The molecular weight excluding hydrogens is 256 g/mol. The number of nitrogens with zero attached hydrogens (tertiary/aromatic N) is 4. The molecule has 0 bridgehead atoms. The molecule has 1 heterocycles. The molecule has 0 saturated heterocycles. The number of rotatable bonds is 2. The fourth-order valence-electron chi connectivity index (χ4n) is 1.48. The average molecular weight is 267 g/mol. The van der Waals surface area contributed by atoms with E-state index in [1.165, 1.54) is 16.7 Å². The zero-order chi connectivity index (χ0) is 10.8. The van der Waals surface area contributed by atoms with E-state index < -0.39 is 0 Å². The molecule has 0 fully saturated rings. The van der Waals surface area contributed by atoms with Gasteiger partial charge in [0.05, 0.1) is 6.54 Å². The van der Waals surface area contributed by atoms with Crippen LogP contribution in [0.15, 0.2) is 22.9 Å². The minimum absolute atomic E-state index is 0.655. The lowest BCUT2D eigenvalue weighted by Crippen LogP contribution is -2.04. The lowest BCUT2D eigenvalue weighted by Gasteiger charge is -2.06. The topological polar surface area (TPSA) is 43.6 Å². The van der Waals surface area contributed by atoms with Gasteiger partial charge < -0.3 is 0 Å². The lowest BCUT2D eigenvalue weighted by atomic mass is 10.1. The Morgan fingerprint density at radius 1 is 1.33 bits per heavy atom. The number of aromatic nitrogens is 4. The van der Waals surface area contributed by atoms with Gasteiger partial charge in [-0.1, -0.05) is 23.8 Å². The fourth-order valence-corrected chi connectivity index (χ4v) is 1.74. The van der Waals surface area contributed by atoms with E-state index in [2.05, 4.69) is 63.5 Å². The summed E-state index contributed by atoms with van der Waals surface area (Å²) in [6.07, 6.45) is 0. The molecule has 0 saturated carbocycles. The maximum absolute atomic E-state index is 3.88. The number of benzene rings is 1. The standard InChI is InChI=1S/C10H11BrN4/c1-7-3-4-9(8(2)5-7)6-15-10(11)12-13-14-15/h3-5H,6H2,1-2H3. The third kappa shape index (κ3) is 2.23. The summed E-state index contributed by atoms with van der Waals surface area (Å²) in [7, 11) is 0. The molecule has 78 valence electrons. The first kappa shape index (κ1) is 10.3. The van der Waals surface area contributed by atoms with Crippen molar-refractivity contribution in [1.29, 1.82) is 0 Å². The Labute approximate surface area is 96.4 Å². The summed E-state index contributed by atoms with van der Waals surface area (Å²) >= 11 is 3.29. The Balaban J connectivity index is 2.29. The van der Waals surface area contributed by atoms with Gasteiger partial charge in [-0.3, -0.25) is 0 Å². The summed E-state index contributed by atoms with van der Waals surface area (Å²) in [6, 6.07) is 6.37. The van der Waals surface area contributed by atoms with Gasteiger partial charge >= 0.3 is 0 Å². The van der Waals surface area contributed by atoms with Crippen LogP contribution in [-0.4, -0.2) is 20.2 Å². The molecule has 0 aliphatic rings. The molecule has 2 rings (SSSR count). The van der Waals surface area contributed by atoms with E-state index >= 15 is 0 Å². The Kier molecular flexibility index (Phi) is 2.81. The van der Waals surface area contributed by atoms with Crippen LogP contribution in [0.2, 0.25) is 0 Å². The largest absolute Gasteiger partial charge is 0.218 e. The smallest absolute Gasteiger partial charge is 0.216 e. The first-order chi connectivity index (χ1) is 7.16. The van der Waals surface area contributed by atoms with Crippen molar-refractivity contribution in [1.82, 2.24) is 20.2 Å². The minimum atomic E-state index is 0.655. The van der Waals surface area contributed by atoms with Gasteiger partial charge in [-0.2, -0.15) is 0 Å². The Hall–Kier alpha value is -1.23. The van der Waals surface area contributed by atoms with Gasteiger partial charge in [-0.05, 0) is 51.3 Å². The van der Waals surface area contributed by atoms with Crippen LogP contribution in [0.1, 0.15) is 16.7 Å². The minimum Gasteiger partial charge on any atom is -0.216 e. The van der Waals surface area contributed by atoms with Crippen LogP contribution in [-0.2, 0) is 6.54 Å². The maximum Gasteiger partial charge on any atom is 0.218 e. The highest BCUT2D eigenvalue weighted by atomic mass is 79.9. The second kappa shape index (κ2) is 4.10. The molecule has 4 nitrogen and oxygen atoms in total. The van der Waals surface area contributed by atoms with Crippen LogP contribution in [0.5, 0.6) is 0 Å². The molecule has 0 unspecified atom stereocenters. The van der Waals surface area contributed by atoms with Gasteiger partial charge in [-0.15, -0.1) is 5.10 Å². The molecule has 0 atom stereocenters. The number of tetrazole rings is 1. The maximum atomic E-state index is 3.88. The van der Waals surface area contributed by atoms with Crippen molar-refractivity contribution in [3.63, 3.8) is 0 Å². The molecule has 5 heteroatoms. The summed E-state index contributed by atoms with van der Waals surface area (Å²) in [5.74, 6) is 0. The monoisotopic (exact) mass is 266 g/mol. The molecule has 0 aliphatic heterocycles. The second-order valence-corrected chi connectivity index (χ2v) is 4.24. The molecule has 0 N–H and O–H groups in total. The molecule has 0 spiro atoms. The van der Waals surface area contributed by atoms with Crippen molar-refractivity contribution in [3.05, 3.63) is 39.6 Å². The van der Waals surface area contributed by atoms with Gasteiger partial charge in [0.2, 0.25) is 4.73 Å². The highest BCUT2D eigenvalue weighted by Gasteiger charge is 2.04. The average Bonchev–Trinajstić information content (AvgIpc) is 2.57. The molecule has 0 amide bonds. The molecule has 0 aliphatic carbocycles. The lowest BCUT2D eigenvalue weighted by molar-refractivity contribution is 0.635. The summed E-state index contributed by atoms with van der Waals surface area (Å²) in [5, 5.41) is 11.2. The zero-order valence-electron chi connectivity index (χ0n) is 8.61. The Morgan fingerprint density at radius 3 is 2.73 bits per heavy atom. The molecule has 1 aromatic carbocycles. The first-order valence-corrected chi connectivity index (χ1v) is 5.44. The van der Waals surface area contributed by atoms with E-state index in [9.17, 15) is 0 Å². The Morgan fingerprint density at radius 2 is 2.13 bits per heavy atom. The number of hydrogen-bond acceptors (Lipinski definition) is 3. The van der Waals surface area contributed by atoms with Crippen LogP contribution in [0, 0.1) is 13.8 Å². The van der Waals surface area contributed by atoms with Crippen molar-refractivity contribution in [3.8, 4) is 0 Å². The van der Waals surface area contributed by atoms with E-state index in [-0.39, 0.29) is 0 Å². The van der Waals surface area contributed by atoms with Crippen LogP contribution >= 0.6 is 15.9 Å². The predicted octanol–water partition coefficient (Wildman–Crippen LogP) is 2.10. The normalized spacial score (nSPS) is 10.6. The van der Waals surface area contributed by atoms with Crippen molar-refractivity contribution in [2.75, 3.05) is 0 Å². The van der Waals surface area contributed by atoms with E-state index in [4.69, 9.17) is 0 Å². The van der Waals surface area contributed by atoms with Crippen molar-refractivity contribution >= 4 is 15.9 Å². The highest BCUT2D eigenvalue weighted by molar-refractivity contribution is 9.10. The number of aryl methyl sites for hydroxylation is 2. The van der Waals surface area contributed by atoms with Gasteiger partial charge in [0.1, 0.15) is 0 Å². The number of hydrogen-bond donors (Lipinski definition) is 0. The molecule has 0 radical (unpaired) electrons. The van der Waals surface area contributed by atoms with Gasteiger partial charge in [0.25, 0.3) is 0 Å². The predicted molar refractivity (Wildman–Crippen MR) is 60.5 cm³/mol. The fraction of sp³-hybridized carbons (Fsp3) is 0.300. The summed E-state index contributed by atoms with van der Waals surface area (Å²) in [6.45, 7) is 4.88. The molecule has 15 heavy (non-hydrogen) atoms. The van der Waals surface area contributed by atoms with E-state index in [0.29, 0.717) is 11.3 Å². The van der Waals surface area contributed by atoms with E-state index in [1.807, 2.05) is 0 Å². The zero-order valence-corrected chi connectivity index (χ0v) is 10.2. The first-order valence-electron chi connectivity index (χ1n) is 4.64. The van der Waals surface area contributed by atoms with E-state index in [0.717, 1.165) is 0 Å². The Bertz CT molecular complexity index is 478. The van der Waals surface area contributed by atoms with Gasteiger partial charge in [0.15, 0.2) is 0 Å². The molecular formula is C10H11BrN4. The molecule has 1 aromatic heterocycles. The second-order valence-electron chi connectivity index (χ2n) is 3.54. The molecule has 2 aromatic rings. The van der Waals surface area contributed by atoms with Crippen LogP contribution in [0.4, 0.5) is 0 Å². The van der Waals surface area contributed by atoms with Gasteiger partial charge in [-0.25, -0.2) is 4.68 Å². The van der Waals surface area contributed by atoms with Crippen LogP contribution in [0.3, 0.4) is 0 Å². The van der Waals surface area contributed by atoms with Crippen molar-refractivity contribution in [2.45, 2.75) is 20.4 Å². The third-order valence-electron chi connectivity index (χ3n) is 2.31. The highest BCUT2D eigenvalue weighted by Crippen LogP contribution is 2.13. The van der Waals surface area contributed by atoms with Crippen molar-refractivity contribution in [2.24, 2.45) is 0 Å².